The minimum atomic E-state index is -0.183. The van der Waals surface area contributed by atoms with E-state index in [-0.39, 0.29) is 18.0 Å². The van der Waals surface area contributed by atoms with Gasteiger partial charge in [0.15, 0.2) is 0 Å². The molecule has 3 nitrogen and oxygen atoms in total. The highest BCUT2D eigenvalue weighted by Gasteiger charge is 2.29. The zero-order valence-corrected chi connectivity index (χ0v) is 12.8. The lowest BCUT2D eigenvalue weighted by atomic mass is 10.0. The van der Waals surface area contributed by atoms with Crippen LogP contribution >= 0.6 is 0 Å². The number of anilines is 1. The lowest BCUT2D eigenvalue weighted by Gasteiger charge is -2.32. The van der Waals surface area contributed by atoms with Gasteiger partial charge in [0.25, 0.3) is 0 Å². The van der Waals surface area contributed by atoms with Gasteiger partial charge in [-0.2, -0.15) is 0 Å². The van der Waals surface area contributed by atoms with Gasteiger partial charge in [0.2, 0.25) is 0 Å². The maximum atomic E-state index is 13.6. The molecule has 0 aromatic heterocycles. The number of ether oxygens (including phenoxy) is 1. The minimum Gasteiger partial charge on any atom is -0.376 e. The quantitative estimate of drug-likeness (QED) is 0.897. The predicted molar refractivity (Wildman–Crippen MR) is 80.7 cm³/mol. The van der Waals surface area contributed by atoms with Crippen molar-refractivity contribution in [2.24, 2.45) is 0 Å². The van der Waals surface area contributed by atoms with Crippen molar-refractivity contribution in [1.82, 2.24) is 5.32 Å². The van der Waals surface area contributed by atoms with Crippen LogP contribution in [-0.4, -0.2) is 32.3 Å². The van der Waals surface area contributed by atoms with Crippen LogP contribution < -0.4 is 10.2 Å². The Balaban J connectivity index is 2.30. The number of halogens is 1. The van der Waals surface area contributed by atoms with Gasteiger partial charge in [-0.15, -0.1) is 0 Å². The number of hydrogen-bond donors (Lipinski definition) is 1. The molecule has 1 saturated heterocycles. The van der Waals surface area contributed by atoms with Crippen LogP contribution in [0.3, 0.4) is 0 Å². The first kappa shape index (κ1) is 15.3. The largest absolute Gasteiger partial charge is 0.376 e. The van der Waals surface area contributed by atoms with E-state index in [9.17, 15) is 4.39 Å². The molecular formula is C16H25FN2O. The third-order valence-corrected chi connectivity index (χ3v) is 4.18. The fourth-order valence-corrected chi connectivity index (χ4v) is 3.02. The number of hydrogen-bond acceptors (Lipinski definition) is 3. The van der Waals surface area contributed by atoms with Crippen molar-refractivity contribution in [3.8, 4) is 0 Å². The Morgan fingerprint density at radius 1 is 1.50 bits per heavy atom. The molecule has 1 aliphatic heterocycles. The zero-order chi connectivity index (χ0) is 14.7. The number of rotatable bonds is 5. The van der Waals surface area contributed by atoms with Gasteiger partial charge < -0.3 is 15.0 Å². The Hall–Kier alpha value is -1.13. The molecule has 0 spiro atoms. The van der Waals surface area contributed by atoms with E-state index in [0.717, 1.165) is 30.8 Å². The topological polar surface area (TPSA) is 24.5 Å². The van der Waals surface area contributed by atoms with E-state index in [2.05, 4.69) is 38.0 Å². The Morgan fingerprint density at radius 3 is 2.85 bits per heavy atom. The predicted octanol–water partition coefficient (Wildman–Crippen LogP) is 3.11. The highest BCUT2D eigenvalue weighted by atomic mass is 19.1. The van der Waals surface area contributed by atoms with Crippen molar-refractivity contribution >= 4 is 5.69 Å². The lowest BCUT2D eigenvalue weighted by Crippen LogP contribution is -2.37. The number of benzene rings is 1. The van der Waals surface area contributed by atoms with E-state index in [1.807, 2.05) is 6.07 Å². The molecule has 0 saturated carbocycles. The molecule has 4 heteroatoms. The van der Waals surface area contributed by atoms with Crippen LogP contribution in [0.4, 0.5) is 10.1 Å². The van der Waals surface area contributed by atoms with Crippen LogP contribution in [0.2, 0.25) is 0 Å². The normalized spacial score (nSPS) is 23.9. The van der Waals surface area contributed by atoms with Gasteiger partial charge in [-0.1, -0.05) is 6.92 Å². The minimum absolute atomic E-state index is 0.130. The number of likely N-dealkylation sites (N-methyl/N-ethyl adjacent to an activating group) is 1. The van der Waals surface area contributed by atoms with Gasteiger partial charge in [0, 0.05) is 25.4 Å². The highest BCUT2D eigenvalue weighted by molar-refractivity contribution is 5.55. The van der Waals surface area contributed by atoms with Crippen molar-refractivity contribution in [2.75, 3.05) is 25.1 Å². The molecule has 2 rings (SSSR count). The number of nitrogens with one attached hydrogen (secondary N) is 1. The van der Waals surface area contributed by atoms with Gasteiger partial charge in [-0.05, 0) is 50.6 Å². The summed E-state index contributed by atoms with van der Waals surface area (Å²) >= 11 is 0. The van der Waals surface area contributed by atoms with Crippen molar-refractivity contribution in [3.05, 3.63) is 29.6 Å². The zero-order valence-electron chi connectivity index (χ0n) is 12.8. The van der Waals surface area contributed by atoms with Gasteiger partial charge in [0.05, 0.1) is 12.1 Å². The molecule has 112 valence electrons. The summed E-state index contributed by atoms with van der Waals surface area (Å²) in [6.45, 7) is 7.90. The van der Waals surface area contributed by atoms with Crippen molar-refractivity contribution in [1.29, 1.82) is 0 Å². The average Bonchev–Trinajstić information content (AvgIpc) is 2.84. The fourth-order valence-electron chi connectivity index (χ4n) is 3.02. The molecule has 3 atom stereocenters. The van der Waals surface area contributed by atoms with Gasteiger partial charge in [-0.25, -0.2) is 4.39 Å². The first-order chi connectivity index (χ1) is 9.54. The van der Waals surface area contributed by atoms with Crippen molar-refractivity contribution in [2.45, 2.75) is 45.4 Å². The lowest BCUT2D eigenvalue weighted by molar-refractivity contribution is 0.118. The van der Waals surface area contributed by atoms with E-state index < -0.39 is 0 Å². The summed E-state index contributed by atoms with van der Waals surface area (Å²) in [6, 6.07) is 5.54. The molecule has 3 unspecified atom stereocenters. The summed E-state index contributed by atoms with van der Waals surface area (Å²) < 4.78 is 19.2. The summed E-state index contributed by atoms with van der Waals surface area (Å²) in [5.74, 6) is -0.183. The smallest absolute Gasteiger partial charge is 0.123 e. The summed E-state index contributed by atoms with van der Waals surface area (Å²) in [6.07, 6.45) is 1.23. The Kier molecular flexibility index (Phi) is 5.00. The van der Waals surface area contributed by atoms with E-state index in [1.165, 1.54) is 6.07 Å². The first-order valence-electron chi connectivity index (χ1n) is 7.41. The van der Waals surface area contributed by atoms with Crippen molar-refractivity contribution in [3.63, 3.8) is 0 Å². The summed E-state index contributed by atoms with van der Waals surface area (Å²) in [4.78, 5) is 2.24. The fraction of sp³-hybridized carbons (Fsp3) is 0.625. The third-order valence-electron chi connectivity index (χ3n) is 4.18. The van der Waals surface area contributed by atoms with E-state index in [4.69, 9.17) is 4.74 Å². The maximum Gasteiger partial charge on any atom is 0.123 e. The molecule has 1 heterocycles. The van der Waals surface area contributed by atoms with Crippen LogP contribution in [-0.2, 0) is 4.74 Å². The SMILES string of the molecule is CCNC(C)c1cc(F)ccc1N(C)C1CCOC1C. The summed E-state index contributed by atoms with van der Waals surface area (Å²) in [5, 5.41) is 3.36. The molecule has 1 aromatic rings. The maximum absolute atomic E-state index is 13.6. The van der Waals surface area contributed by atoms with Crippen LogP contribution in [0.25, 0.3) is 0 Å². The molecule has 0 bridgehead atoms. The molecule has 1 N–H and O–H groups in total. The molecule has 1 aliphatic rings. The summed E-state index contributed by atoms with van der Waals surface area (Å²) in [7, 11) is 2.07. The molecule has 0 radical (unpaired) electrons. The molecule has 1 aromatic carbocycles. The molecule has 20 heavy (non-hydrogen) atoms. The summed E-state index contributed by atoms with van der Waals surface area (Å²) in [5.41, 5.74) is 2.09. The third kappa shape index (κ3) is 3.13. The Bertz CT molecular complexity index is 452. The molecule has 0 aliphatic carbocycles. The second kappa shape index (κ2) is 6.55. The van der Waals surface area contributed by atoms with Gasteiger partial charge in [0.1, 0.15) is 5.82 Å². The van der Waals surface area contributed by atoms with Crippen molar-refractivity contribution < 1.29 is 9.13 Å². The van der Waals surface area contributed by atoms with E-state index in [0.29, 0.717) is 6.04 Å². The highest BCUT2D eigenvalue weighted by Crippen LogP contribution is 2.31. The molecule has 1 fully saturated rings. The van der Waals surface area contributed by atoms with Gasteiger partial charge >= 0.3 is 0 Å². The Labute approximate surface area is 121 Å². The van der Waals surface area contributed by atoms with E-state index in [1.54, 1.807) is 6.07 Å². The second-order valence-electron chi connectivity index (χ2n) is 5.53. The second-order valence-corrected chi connectivity index (χ2v) is 5.53. The van der Waals surface area contributed by atoms with Gasteiger partial charge in [-0.3, -0.25) is 0 Å². The monoisotopic (exact) mass is 280 g/mol. The van der Waals surface area contributed by atoms with Crippen LogP contribution in [0, 0.1) is 5.82 Å². The van der Waals surface area contributed by atoms with E-state index >= 15 is 0 Å². The molecular weight excluding hydrogens is 255 g/mol. The average molecular weight is 280 g/mol. The number of nitrogens with zero attached hydrogens (tertiary/aromatic N) is 1. The first-order valence-corrected chi connectivity index (χ1v) is 7.41. The molecule has 0 amide bonds. The Morgan fingerprint density at radius 2 is 2.25 bits per heavy atom. The standard InChI is InChI=1S/C16H25FN2O/c1-5-18-11(2)14-10-13(17)6-7-16(14)19(4)15-8-9-20-12(15)3/h6-7,10-12,15,18H,5,8-9H2,1-4H3. The van der Waals surface area contributed by atoms with Crippen LogP contribution in [0.15, 0.2) is 18.2 Å². The van der Waals surface area contributed by atoms with Crippen LogP contribution in [0.5, 0.6) is 0 Å². The van der Waals surface area contributed by atoms with Crippen LogP contribution in [0.1, 0.15) is 38.8 Å².